The molecule has 0 fully saturated rings. The zero-order chi connectivity index (χ0) is 22.2. The molecule has 0 unspecified atom stereocenters. The molecule has 6 nitrogen and oxygen atoms in total. The van der Waals surface area contributed by atoms with Crippen LogP contribution in [-0.2, 0) is 9.59 Å². The van der Waals surface area contributed by atoms with Crippen LogP contribution in [0.25, 0.3) is 0 Å². The molecule has 0 atom stereocenters. The molecule has 158 valence electrons. The molecule has 0 aliphatic rings. The zero-order valence-corrected chi connectivity index (χ0v) is 18.0. The smallest absolute Gasteiger partial charge is 0.349 e. The number of nitrogens with zero attached hydrogens (tertiary/aromatic N) is 1. The summed E-state index contributed by atoms with van der Waals surface area (Å²) in [7, 11) is 0. The summed E-state index contributed by atoms with van der Waals surface area (Å²) < 4.78 is 10.8. The van der Waals surface area contributed by atoms with Crippen LogP contribution in [0.3, 0.4) is 0 Å². The normalized spacial score (nSPS) is 10.7. The van der Waals surface area contributed by atoms with Crippen LogP contribution in [0.4, 0.5) is 11.4 Å². The Kier molecular flexibility index (Phi) is 7.65. The number of anilines is 1. The first-order chi connectivity index (χ1) is 14.9. The highest BCUT2D eigenvalue weighted by Gasteiger charge is 2.11. The van der Waals surface area contributed by atoms with Crippen LogP contribution >= 0.6 is 23.2 Å². The molecule has 0 aliphatic heterocycles. The summed E-state index contributed by atoms with van der Waals surface area (Å²) in [6.45, 7) is 1.12. The Morgan fingerprint density at radius 3 is 2.45 bits per heavy atom. The van der Waals surface area contributed by atoms with Crippen molar-refractivity contribution in [3.8, 4) is 11.5 Å². The Hall–Kier alpha value is -3.35. The van der Waals surface area contributed by atoms with Gasteiger partial charge in [0.2, 0.25) is 5.91 Å². The predicted octanol–water partition coefficient (Wildman–Crippen LogP) is 5.69. The number of nitrogens with one attached hydrogen (secondary N) is 1. The van der Waals surface area contributed by atoms with E-state index in [1.807, 2.05) is 6.07 Å². The van der Waals surface area contributed by atoms with Gasteiger partial charge in [-0.1, -0.05) is 35.3 Å². The third-order valence-corrected chi connectivity index (χ3v) is 4.45. The van der Waals surface area contributed by atoms with Crippen molar-refractivity contribution in [3.05, 3.63) is 82.3 Å². The van der Waals surface area contributed by atoms with Crippen LogP contribution in [0.1, 0.15) is 12.5 Å². The van der Waals surface area contributed by atoms with Gasteiger partial charge in [0.05, 0.1) is 10.7 Å². The first-order valence-electron chi connectivity index (χ1n) is 9.20. The summed E-state index contributed by atoms with van der Waals surface area (Å²) in [5, 5.41) is 3.46. The number of carbonyl (C=O) groups is 2. The molecule has 0 aromatic heterocycles. The molecule has 1 N–H and O–H groups in total. The van der Waals surface area contributed by atoms with E-state index in [2.05, 4.69) is 10.3 Å². The molecule has 3 rings (SSSR count). The monoisotopic (exact) mass is 456 g/mol. The van der Waals surface area contributed by atoms with Crippen LogP contribution in [0.2, 0.25) is 10.0 Å². The summed E-state index contributed by atoms with van der Waals surface area (Å²) in [6, 6.07) is 18.7. The molecule has 0 saturated heterocycles. The zero-order valence-electron chi connectivity index (χ0n) is 16.5. The first kappa shape index (κ1) is 22.3. The number of hydrogen-bond donors (Lipinski definition) is 1. The Morgan fingerprint density at radius 1 is 1.00 bits per heavy atom. The molecular formula is C23H18Cl2N2O4. The highest BCUT2D eigenvalue weighted by atomic mass is 35.5. The highest BCUT2D eigenvalue weighted by molar-refractivity contribution is 6.35. The summed E-state index contributed by atoms with van der Waals surface area (Å²) >= 11 is 11.9. The van der Waals surface area contributed by atoms with Gasteiger partial charge in [-0.2, -0.15) is 0 Å². The van der Waals surface area contributed by atoms with E-state index in [1.54, 1.807) is 60.8 Å². The minimum atomic E-state index is -0.591. The van der Waals surface area contributed by atoms with Gasteiger partial charge in [-0.25, -0.2) is 4.79 Å². The first-order valence-corrected chi connectivity index (χ1v) is 9.95. The van der Waals surface area contributed by atoms with Gasteiger partial charge in [-0.15, -0.1) is 0 Å². The van der Waals surface area contributed by atoms with Crippen molar-refractivity contribution in [2.24, 2.45) is 4.99 Å². The van der Waals surface area contributed by atoms with Crippen LogP contribution < -0.4 is 14.8 Å². The van der Waals surface area contributed by atoms with Gasteiger partial charge in [-0.3, -0.25) is 9.79 Å². The van der Waals surface area contributed by atoms with Gasteiger partial charge in [0.1, 0.15) is 11.5 Å². The van der Waals surface area contributed by atoms with Crippen molar-refractivity contribution in [1.82, 2.24) is 0 Å². The van der Waals surface area contributed by atoms with Crippen molar-refractivity contribution in [1.29, 1.82) is 0 Å². The number of para-hydroxylation sites is 1. The minimum Gasteiger partial charge on any atom is -0.480 e. The van der Waals surface area contributed by atoms with Crippen LogP contribution in [0, 0.1) is 0 Å². The number of benzene rings is 3. The number of esters is 1. The lowest BCUT2D eigenvalue weighted by molar-refractivity contribution is -0.136. The van der Waals surface area contributed by atoms with Gasteiger partial charge < -0.3 is 14.8 Å². The van der Waals surface area contributed by atoms with Crippen LogP contribution in [-0.4, -0.2) is 24.7 Å². The second-order valence-electron chi connectivity index (χ2n) is 6.36. The van der Waals surface area contributed by atoms with Crippen molar-refractivity contribution in [2.45, 2.75) is 6.92 Å². The maximum absolute atomic E-state index is 12.2. The van der Waals surface area contributed by atoms with E-state index < -0.39 is 5.97 Å². The van der Waals surface area contributed by atoms with Crippen molar-refractivity contribution in [2.75, 3.05) is 11.9 Å². The number of aliphatic imine (C=N–C) groups is 1. The van der Waals surface area contributed by atoms with Gasteiger partial charge in [0.25, 0.3) is 0 Å². The number of rotatable bonds is 7. The van der Waals surface area contributed by atoms with Crippen molar-refractivity contribution < 1.29 is 19.1 Å². The number of halogens is 2. The lowest BCUT2D eigenvalue weighted by Crippen LogP contribution is -2.18. The Balaban J connectivity index is 1.63. The minimum absolute atomic E-state index is 0.144. The molecule has 0 spiro atoms. The molecule has 0 heterocycles. The number of amides is 1. The van der Waals surface area contributed by atoms with E-state index in [1.165, 1.54) is 13.0 Å². The standard InChI is InChI=1S/C23H18Cl2N2O4/c1-15(28)27-19-9-7-18(8-10-19)26-13-16-4-2-3-5-21(16)31-23(29)14-30-22-11-6-17(24)12-20(22)25/h2-13H,14H2,1H3,(H,27,28). The van der Waals surface area contributed by atoms with E-state index >= 15 is 0 Å². The van der Waals surface area contributed by atoms with Gasteiger partial charge in [0, 0.05) is 29.4 Å². The average Bonchev–Trinajstić information content (AvgIpc) is 2.73. The fraction of sp³-hybridized carbons (Fsp3) is 0.0870. The van der Waals surface area contributed by atoms with Crippen molar-refractivity contribution in [3.63, 3.8) is 0 Å². The lowest BCUT2D eigenvalue weighted by atomic mass is 10.2. The molecule has 0 bridgehead atoms. The number of hydrogen-bond acceptors (Lipinski definition) is 5. The molecule has 0 saturated carbocycles. The quantitative estimate of drug-likeness (QED) is 0.281. The molecule has 8 heteroatoms. The van der Waals surface area contributed by atoms with E-state index in [4.69, 9.17) is 32.7 Å². The summed E-state index contributed by atoms with van der Waals surface area (Å²) in [5.41, 5.74) is 1.98. The molecule has 3 aromatic rings. The fourth-order valence-corrected chi connectivity index (χ4v) is 3.00. The Labute approximate surface area is 189 Å². The van der Waals surface area contributed by atoms with E-state index in [-0.39, 0.29) is 12.5 Å². The Morgan fingerprint density at radius 2 is 1.74 bits per heavy atom. The lowest BCUT2D eigenvalue weighted by Gasteiger charge is -2.09. The molecular weight excluding hydrogens is 439 g/mol. The van der Waals surface area contributed by atoms with Crippen LogP contribution in [0.15, 0.2) is 71.7 Å². The van der Waals surface area contributed by atoms with E-state index in [0.717, 1.165) is 0 Å². The van der Waals surface area contributed by atoms with Gasteiger partial charge in [-0.05, 0) is 54.6 Å². The summed E-state index contributed by atoms with van der Waals surface area (Å²) in [6.07, 6.45) is 1.59. The maximum Gasteiger partial charge on any atom is 0.349 e. The number of ether oxygens (including phenoxy) is 2. The second kappa shape index (κ2) is 10.6. The average molecular weight is 457 g/mol. The maximum atomic E-state index is 12.2. The number of carbonyl (C=O) groups excluding carboxylic acids is 2. The van der Waals surface area contributed by atoms with Gasteiger partial charge >= 0.3 is 5.97 Å². The van der Waals surface area contributed by atoms with E-state index in [0.29, 0.717) is 38.5 Å². The third-order valence-electron chi connectivity index (χ3n) is 3.92. The molecule has 0 aliphatic carbocycles. The van der Waals surface area contributed by atoms with Gasteiger partial charge in [0.15, 0.2) is 6.61 Å². The molecule has 1 amide bonds. The fourth-order valence-electron chi connectivity index (χ4n) is 2.54. The third kappa shape index (κ3) is 6.84. The molecule has 31 heavy (non-hydrogen) atoms. The largest absolute Gasteiger partial charge is 0.480 e. The predicted molar refractivity (Wildman–Crippen MR) is 122 cm³/mol. The SMILES string of the molecule is CC(=O)Nc1ccc(N=Cc2ccccc2OC(=O)COc2ccc(Cl)cc2Cl)cc1. The molecule has 3 aromatic carbocycles. The topological polar surface area (TPSA) is 77.0 Å². The molecule has 0 radical (unpaired) electrons. The van der Waals surface area contributed by atoms with E-state index in [9.17, 15) is 9.59 Å². The Bertz CT molecular complexity index is 1110. The summed E-state index contributed by atoms with van der Waals surface area (Å²) in [4.78, 5) is 27.7. The van der Waals surface area contributed by atoms with Crippen molar-refractivity contribution >= 4 is 52.7 Å². The van der Waals surface area contributed by atoms with Crippen LogP contribution in [0.5, 0.6) is 11.5 Å². The summed E-state index contributed by atoms with van der Waals surface area (Å²) in [5.74, 6) is -0.0571. The second-order valence-corrected chi connectivity index (χ2v) is 7.21. The highest BCUT2D eigenvalue weighted by Crippen LogP contribution is 2.27.